The molecule has 0 fully saturated rings. The van der Waals surface area contributed by atoms with Gasteiger partial charge in [-0.15, -0.1) is 10.2 Å². The Bertz CT molecular complexity index is 877. The van der Waals surface area contributed by atoms with Gasteiger partial charge in [-0.1, -0.05) is 42.1 Å². The fraction of sp³-hybridized carbons (Fsp3) is 0.176. The zero-order valence-electron chi connectivity index (χ0n) is 14.0. The van der Waals surface area contributed by atoms with Gasteiger partial charge in [-0.3, -0.25) is 25.0 Å². The SMILES string of the molecule is CC(=O)NNC(=O)CSc1nnc(-c2ccccc2)n1Cc1ccco1. The van der Waals surface area contributed by atoms with E-state index in [1.54, 1.807) is 6.26 Å². The first-order chi connectivity index (χ1) is 12.6. The van der Waals surface area contributed by atoms with Crippen molar-refractivity contribution in [3.63, 3.8) is 0 Å². The van der Waals surface area contributed by atoms with Gasteiger partial charge in [0.05, 0.1) is 18.6 Å². The number of hydrogen-bond donors (Lipinski definition) is 2. The van der Waals surface area contributed by atoms with Crippen molar-refractivity contribution in [1.29, 1.82) is 0 Å². The van der Waals surface area contributed by atoms with Crippen LogP contribution in [0.4, 0.5) is 0 Å². The van der Waals surface area contributed by atoms with Crippen molar-refractivity contribution in [2.45, 2.75) is 18.6 Å². The Kier molecular flexibility index (Phi) is 5.69. The van der Waals surface area contributed by atoms with Crippen molar-refractivity contribution in [1.82, 2.24) is 25.6 Å². The van der Waals surface area contributed by atoms with E-state index in [1.807, 2.05) is 47.0 Å². The number of thioether (sulfide) groups is 1. The van der Waals surface area contributed by atoms with E-state index < -0.39 is 0 Å². The summed E-state index contributed by atoms with van der Waals surface area (Å²) in [6.07, 6.45) is 1.61. The minimum atomic E-state index is -0.337. The van der Waals surface area contributed by atoms with Crippen LogP contribution < -0.4 is 10.9 Å². The molecule has 2 N–H and O–H groups in total. The summed E-state index contributed by atoms with van der Waals surface area (Å²) in [5.74, 6) is 0.860. The third kappa shape index (κ3) is 4.51. The molecule has 0 radical (unpaired) electrons. The van der Waals surface area contributed by atoms with Gasteiger partial charge in [-0.05, 0) is 12.1 Å². The van der Waals surface area contributed by atoms with Crippen molar-refractivity contribution in [3.8, 4) is 11.4 Å². The van der Waals surface area contributed by atoms with Gasteiger partial charge in [0, 0.05) is 12.5 Å². The largest absolute Gasteiger partial charge is 0.467 e. The van der Waals surface area contributed by atoms with Crippen molar-refractivity contribution in [2.75, 3.05) is 5.75 Å². The monoisotopic (exact) mass is 371 g/mol. The van der Waals surface area contributed by atoms with E-state index in [9.17, 15) is 9.59 Å². The minimum absolute atomic E-state index is 0.0886. The molecule has 0 saturated carbocycles. The highest BCUT2D eigenvalue weighted by molar-refractivity contribution is 7.99. The summed E-state index contributed by atoms with van der Waals surface area (Å²) in [5, 5.41) is 9.06. The van der Waals surface area contributed by atoms with Crippen molar-refractivity contribution < 1.29 is 14.0 Å². The van der Waals surface area contributed by atoms with Crippen LogP contribution in [0.2, 0.25) is 0 Å². The van der Waals surface area contributed by atoms with Gasteiger partial charge >= 0.3 is 0 Å². The van der Waals surface area contributed by atoms with Crippen molar-refractivity contribution in [2.24, 2.45) is 0 Å². The van der Waals surface area contributed by atoms with Crippen LogP contribution in [0.5, 0.6) is 0 Å². The lowest BCUT2D eigenvalue weighted by Crippen LogP contribution is -2.41. The fourth-order valence-electron chi connectivity index (χ4n) is 2.22. The van der Waals surface area contributed by atoms with Crippen LogP contribution in [-0.2, 0) is 16.1 Å². The number of nitrogens with zero attached hydrogens (tertiary/aromatic N) is 3. The molecule has 1 aromatic carbocycles. The molecule has 3 aromatic rings. The Labute approximate surface area is 154 Å². The molecule has 0 aliphatic rings. The summed E-state index contributed by atoms with van der Waals surface area (Å²) >= 11 is 1.23. The average molecular weight is 371 g/mol. The van der Waals surface area contributed by atoms with Crippen molar-refractivity contribution >= 4 is 23.6 Å². The van der Waals surface area contributed by atoms with Crippen molar-refractivity contribution in [3.05, 3.63) is 54.5 Å². The topological polar surface area (TPSA) is 102 Å². The number of hydrazine groups is 1. The zero-order chi connectivity index (χ0) is 18.4. The number of hydrogen-bond acceptors (Lipinski definition) is 6. The quantitative estimate of drug-likeness (QED) is 0.506. The highest BCUT2D eigenvalue weighted by Gasteiger charge is 2.16. The predicted octanol–water partition coefficient (Wildman–Crippen LogP) is 1.85. The summed E-state index contributed by atoms with van der Waals surface area (Å²) in [6, 6.07) is 13.4. The Morgan fingerprint density at radius 1 is 1.12 bits per heavy atom. The van der Waals surface area contributed by atoms with Gasteiger partial charge in [0.1, 0.15) is 5.76 Å². The van der Waals surface area contributed by atoms with Crippen LogP contribution in [0, 0.1) is 0 Å². The second-order valence-corrected chi connectivity index (χ2v) is 6.30. The smallest absolute Gasteiger partial charge is 0.248 e. The summed E-state index contributed by atoms with van der Waals surface area (Å²) in [5.41, 5.74) is 5.49. The molecule has 8 nitrogen and oxygen atoms in total. The highest BCUT2D eigenvalue weighted by atomic mass is 32.2. The number of nitrogens with one attached hydrogen (secondary N) is 2. The lowest BCUT2D eigenvalue weighted by Gasteiger charge is -2.09. The number of carbonyl (C=O) groups excluding carboxylic acids is 2. The summed E-state index contributed by atoms with van der Waals surface area (Å²) in [7, 11) is 0. The summed E-state index contributed by atoms with van der Waals surface area (Å²) < 4.78 is 7.32. The molecule has 0 unspecified atom stereocenters. The van der Waals surface area contributed by atoms with Crippen LogP contribution in [-0.4, -0.2) is 32.3 Å². The Hall–Kier alpha value is -3.07. The third-order valence-corrected chi connectivity index (χ3v) is 4.32. The molecule has 2 amide bonds. The zero-order valence-corrected chi connectivity index (χ0v) is 14.8. The van der Waals surface area contributed by atoms with Gasteiger partial charge < -0.3 is 4.42 Å². The molecule has 9 heteroatoms. The van der Waals surface area contributed by atoms with E-state index in [0.29, 0.717) is 17.5 Å². The van der Waals surface area contributed by atoms with E-state index in [4.69, 9.17) is 4.42 Å². The molecule has 26 heavy (non-hydrogen) atoms. The second kappa shape index (κ2) is 8.34. The van der Waals surface area contributed by atoms with E-state index in [1.165, 1.54) is 18.7 Å². The van der Waals surface area contributed by atoms with E-state index in [0.717, 1.165) is 11.3 Å². The van der Waals surface area contributed by atoms with E-state index in [-0.39, 0.29) is 17.6 Å². The van der Waals surface area contributed by atoms with Crippen LogP contribution >= 0.6 is 11.8 Å². The second-order valence-electron chi connectivity index (χ2n) is 5.36. The maximum Gasteiger partial charge on any atom is 0.248 e. The molecule has 0 saturated heterocycles. The summed E-state index contributed by atoms with van der Waals surface area (Å²) in [6.45, 7) is 1.76. The third-order valence-electron chi connectivity index (χ3n) is 3.35. The van der Waals surface area contributed by atoms with Gasteiger partial charge in [0.2, 0.25) is 11.8 Å². The maximum atomic E-state index is 11.8. The fourth-order valence-corrected chi connectivity index (χ4v) is 2.96. The first kappa shape index (κ1) is 17.7. The molecule has 134 valence electrons. The molecule has 0 aliphatic carbocycles. The van der Waals surface area contributed by atoms with Crippen LogP contribution in [0.1, 0.15) is 12.7 Å². The number of benzene rings is 1. The standard InChI is InChI=1S/C17H17N5O3S/c1-12(23)18-19-15(24)11-26-17-21-20-16(13-6-3-2-4-7-13)22(17)10-14-8-5-9-25-14/h2-9H,10-11H2,1H3,(H,18,23)(H,19,24). The number of furan rings is 1. The number of aromatic nitrogens is 3. The molecule has 2 aromatic heterocycles. The molecular weight excluding hydrogens is 354 g/mol. The predicted molar refractivity (Wildman–Crippen MR) is 96.0 cm³/mol. The number of amides is 2. The molecule has 0 spiro atoms. The van der Waals surface area contributed by atoms with Crippen LogP contribution in [0.25, 0.3) is 11.4 Å². The molecule has 0 bridgehead atoms. The Balaban J connectivity index is 1.79. The van der Waals surface area contributed by atoms with E-state index >= 15 is 0 Å². The van der Waals surface area contributed by atoms with Gasteiger partial charge in [0.25, 0.3) is 0 Å². The first-order valence-corrected chi connectivity index (χ1v) is 8.81. The molecule has 2 heterocycles. The van der Waals surface area contributed by atoms with Gasteiger partial charge in [-0.2, -0.15) is 0 Å². The van der Waals surface area contributed by atoms with E-state index in [2.05, 4.69) is 21.0 Å². The highest BCUT2D eigenvalue weighted by Crippen LogP contribution is 2.25. The van der Waals surface area contributed by atoms with Crippen LogP contribution in [0.15, 0.2) is 58.3 Å². The molecular formula is C17H17N5O3S. The lowest BCUT2D eigenvalue weighted by molar-refractivity contribution is -0.126. The first-order valence-electron chi connectivity index (χ1n) is 7.82. The van der Waals surface area contributed by atoms with Crippen LogP contribution in [0.3, 0.4) is 0 Å². The normalized spacial score (nSPS) is 10.5. The average Bonchev–Trinajstić information content (AvgIpc) is 3.29. The molecule has 0 atom stereocenters. The number of carbonyl (C=O) groups is 2. The Morgan fingerprint density at radius 2 is 1.92 bits per heavy atom. The molecule has 3 rings (SSSR count). The molecule has 0 aliphatic heterocycles. The van der Waals surface area contributed by atoms with Gasteiger partial charge in [0.15, 0.2) is 11.0 Å². The lowest BCUT2D eigenvalue weighted by atomic mass is 10.2. The number of rotatable bonds is 6. The Morgan fingerprint density at radius 3 is 2.62 bits per heavy atom. The maximum absolute atomic E-state index is 11.8. The minimum Gasteiger partial charge on any atom is -0.467 e. The van der Waals surface area contributed by atoms with Gasteiger partial charge in [-0.25, -0.2) is 0 Å². The summed E-state index contributed by atoms with van der Waals surface area (Å²) in [4.78, 5) is 22.6.